The first kappa shape index (κ1) is 21.1. The molecule has 1 fully saturated rings. The van der Waals surface area contributed by atoms with Gasteiger partial charge in [0.05, 0.1) is 28.0 Å². The maximum Gasteiger partial charge on any atom is 0.237 e. The van der Waals surface area contributed by atoms with Gasteiger partial charge in [0.15, 0.2) is 15.0 Å². The number of sulfone groups is 1. The monoisotopic (exact) mass is 431 g/mol. The zero-order valence-electron chi connectivity index (χ0n) is 15.9. The molecule has 0 radical (unpaired) electrons. The highest BCUT2D eigenvalue weighted by Crippen LogP contribution is 2.31. The van der Waals surface area contributed by atoms with Crippen molar-refractivity contribution >= 4 is 33.2 Å². The summed E-state index contributed by atoms with van der Waals surface area (Å²) >= 11 is 1.23. The van der Waals surface area contributed by atoms with Crippen LogP contribution in [0.25, 0.3) is 0 Å². The standard InChI is InChI=1S/C19H21N5O3S2/c1-3-9-24-17(15-8-10-29(26,27)12-15)22-23-19(24)28-13(2)18(25)21-16-7-5-4-6-14(16)11-20/h3-7,13,15H,1,8-10,12H2,2H3,(H,21,25). The Morgan fingerprint density at radius 1 is 1.48 bits per heavy atom. The number of amides is 1. The number of nitriles is 1. The third-order valence-electron chi connectivity index (χ3n) is 4.61. The Labute approximate surface area is 173 Å². The van der Waals surface area contributed by atoms with Crippen molar-refractivity contribution in [3.05, 3.63) is 48.3 Å². The topological polar surface area (TPSA) is 118 Å². The zero-order valence-corrected chi connectivity index (χ0v) is 17.5. The van der Waals surface area contributed by atoms with Gasteiger partial charge in [-0.2, -0.15) is 5.26 Å². The van der Waals surface area contributed by atoms with Crippen molar-refractivity contribution in [2.24, 2.45) is 0 Å². The molecular formula is C19H21N5O3S2. The fourth-order valence-electron chi connectivity index (χ4n) is 3.12. The molecule has 2 atom stereocenters. The molecule has 1 amide bonds. The summed E-state index contributed by atoms with van der Waals surface area (Å²) in [6, 6.07) is 8.83. The summed E-state index contributed by atoms with van der Waals surface area (Å²) < 4.78 is 25.5. The lowest BCUT2D eigenvalue weighted by Gasteiger charge is -2.14. The van der Waals surface area contributed by atoms with Crippen LogP contribution in [0.3, 0.4) is 0 Å². The summed E-state index contributed by atoms with van der Waals surface area (Å²) in [6.07, 6.45) is 2.21. The maximum absolute atomic E-state index is 12.6. The minimum absolute atomic E-state index is 0.0634. The number of carbonyl (C=O) groups is 1. The summed E-state index contributed by atoms with van der Waals surface area (Å²) in [5.74, 6) is 0.353. The van der Waals surface area contributed by atoms with Gasteiger partial charge in [-0.3, -0.25) is 4.79 Å². The van der Waals surface area contributed by atoms with E-state index in [9.17, 15) is 13.2 Å². The van der Waals surface area contributed by atoms with Crippen molar-refractivity contribution in [3.63, 3.8) is 0 Å². The second-order valence-corrected chi connectivity index (χ2v) is 10.3. The van der Waals surface area contributed by atoms with E-state index in [0.29, 0.717) is 35.2 Å². The molecule has 3 rings (SSSR count). The first-order valence-electron chi connectivity index (χ1n) is 9.05. The first-order valence-corrected chi connectivity index (χ1v) is 11.8. The van der Waals surface area contributed by atoms with Gasteiger partial charge < -0.3 is 9.88 Å². The summed E-state index contributed by atoms with van der Waals surface area (Å²) in [6.45, 7) is 5.91. The summed E-state index contributed by atoms with van der Waals surface area (Å²) in [7, 11) is -3.05. The summed E-state index contributed by atoms with van der Waals surface area (Å²) in [5, 5.41) is 20.4. The number of hydrogen-bond donors (Lipinski definition) is 1. The lowest BCUT2D eigenvalue weighted by Crippen LogP contribution is -2.23. The fraction of sp³-hybridized carbons (Fsp3) is 0.368. The van der Waals surface area contributed by atoms with Crippen LogP contribution in [0.1, 0.15) is 30.7 Å². The van der Waals surface area contributed by atoms with Crippen molar-refractivity contribution in [3.8, 4) is 6.07 Å². The molecule has 8 nitrogen and oxygen atoms in total. The highest BCUT2D eigenvalue weighted by atomic mass is 32.2. The largest absolute Gasteiger partial charge is 0.324 e. The number of carbonyl (C=O) groups excluding carboxylic acids is 1. The predicted octanol–water partition coefficient (Wildman–Crippen LogP) is 2.36. The van der Waals surface area contributed by atoms with Gasteiger partial charge in [0.1, 0.15) is 11.9 Å². The lowest BCUT2D eigenvalue weighted by molar-refractivity contribution is -0.115. The minimum atomic E-state index is -3.05. The Bertz CT molecular complexity index is 1070. The van der Waals surface area contributed by atoms with E-state index in [1.54, 1.807) is 37.3 Å². The third-order valence-corrected chi connectivity index (χ3v) is 7.46. The molecule has 2 aromatic rings. The van der Waals surface area contributed by atoms with Crippen molar-refractivity contribution < 1.29 is 13.2 Å². The molecule has 1 aliphatic rings. The number of hydrogen-bond acceptors (Lipinski definition) is 7. The maximum atomic E-state index is 12.6. The Kier molecular flexibility index (Phi) is 6.39. The Balaban J connectivity index is 1.76. The minimum Gasteiger partial charge on any atom is -0.324 e. The highest BCUT2D eigenvalue weighted by Gasteiger charge is 2.33. The number of anilines is 1. The van der Waals surface area contributed by atoms with E-state index in [1.807, 2.05) is 10.6 Å². The second kappa shape index (κ2) is 8.80. The number of para-hydroxylation sites is 1. The van der Waals surface area contributed by atoms with Gasteiger partial charge in [0.2, 0.25) is 5.91 Å². The van der Waals surface area contributed by atoms with Gasteiger partial charge in [-0.25, -0.2) is 8.42 Å². The molecule has 0 bridgehead atoms. The van der Waals surface area contributed by atoms with E-state index in [4.69, 9.17) is 5.26 Å². The molecule has 29 heavy (non-hydrogen) atoms. The smallest absolute Gasteiger partial charge is 0.237 e. The van der Waals surface area contributed by atoms with Gasteiger partial charge in [-0.05, 0) is 25.5 Å². The molecule has 1 aromatic heterocycles. The normalized spacial score (nSPS) is 18.7. The fourth-order valence-corrected chi connectivity index (χ4v) is 5.73. The molecular weight excluding hydrogens is 410 g/mol. The van der Waals surface area contributed by atoms with Crippen LogP contribution in [0.5, 0.6) is 0 Å². The summed E-state index contributed by atoms with van der Waals surface area (Å²) in [4.78, 5) is 12.6. The van der Waals surface area contributed by atoms with Crippen LogP contribution >= 0.6 is 11.8 Å². The number of aromatic nitrogens is 3. The van der Waals surface area contributed by atoms with E-state index in [-0.39, 0.29) is 23.3 Å². The highest BCUT2D eigenvalue weighted by molar-refractivity contribution is 8.00. The Morgan fingerprint density at radius 2 is 2.24 bits per heavy atom. The molecule has 1 aromatic carbocycles. The molecule has 1 saturated heterocycles. The van der Waals surface area contributed by atoms with E-state index < -0.39 is 15.1 Å². The molecule has 0 spiro atoms. The Morgan fingerprint density at radius 3 is 2.90 bits per heavy atom. The van der Waals surface area contributed by atoms with Crippen LogP contribution in [0.15, 0.2) is 42.1 Å². The number of nitrogens with one attached hydrogen (secondary N) is 1. The van der Waals surface area contributed by atoms with E-state index in [1.165, 1.54) is 11.8 Å². The molecule has 152 valence electrons. The molecule has 0 saturated carbocycles. The van der Waals surface area contributed by atoms with Crippen LogP contribution < -0.4 is 5.32 Å². The van der Waals surface area contributed by atoms with Crippen LogP contribution in [0.2, 0.25) is 0 Å². The summed E-state index contributed by atoms with van der Waals surface area (Å²) in [5.41, 5.74) is 0.842. The zero-order chi connectivity index (χ0) is 21.0. The number of nitrogens with zero attached hydrogens (tertiary/aromatic N) is 4. The lowest BCUT2D eigenvalue weighted by atomic mass is 10.1. The average molecular weight is 432 g/mol. The van der Waals surface area contributed by atoms with Gasteiger partial charge in [-0.1, -0.05) is 30.0 Å². The van der Waals surface area contributed by atoms with E-state index in [0.717, 1.165) is 0 Å². The number of thioether (sulfide) groups is 1. The van der Waals surface area contributed by atoms with Gasteiger partial charge in [-0.15, -0.1) is 16.8 Å². The molecule has 1 N–H and O–H groups in total. The van der Waals surface area contributed by atoms with Gasteiger partial charge >= 0.3 is 0 Å². The van der Waals surface area contributed by atoms with Crippen molar-refractivity contribution in [2.45, 2.75) is 36.2 Å². The van der Waals surface area contributed by atoms with Gasteiger partial charge in [0.25, 0.3) is 0 Å². The van der Waals surface area contributed by atoms with Crippen molar-refractivity contribution in [2.75, 3.05) is 16.8 Å². The number of allylic oxidation sites excluding steroid dienone is 1. The van der Waals surface area contributed by atoms with Crippen LogP contribution in [-0.2, 0) is 21.2 Å². The van der Waals surface area contributed by atoms with Crippen LogP contribution in [0.4, 0.5) is 5.69 Å². The molecule has 2 unspecified atom stereocenters. The SMILES string of the molecule is C=CCn1c(SC(C)C(=O)Nc2ccccc2C#N)nnc1C1CCS(=O)(=O)C1. The molecule has 1 aliphatic heterocycles. The quantitative estimate of drug-likeness (QED) is 0.528. The van der Waals surface area contributed by atoms with Gasteiger partial charge in [0, 0.05) is 12.5 Å². The first-order chi connectivity index (χ1) is 13.8. The molecule has 2 heterocycles. The van der Waals surface area contributed by atoms with E-state index in [2.05, 4.69) is 22.1 Å². The van der Waals surface area contributed by atoms with Crippen LogP contribution in [-0.4, -0.2) is 45.8 Å². The second-order valence-electron chi connectivity index (χ2n) is 6.75. The number of benzene rings is 1. The third kappa shape index (κ3) is 4.86. The van der Waals surface area contributed by atoms with Crippen molar-refractivity contribution in [1.82, 2.24) is 14.8 Å². The van der Waals surface area contributed by atoms with Crippen molar-refractivity contribution in [1.29, 1.82) is 5.26 Å². The van der Waals surface area contributed by atoms with Crippen LogP contribution in [0, 0.1) is 11.3 Å². The number of rotatable bonds is 7. The average Bonchev–Trinajstić information content (AvgIpc) is 3.25. The predicted molar refractivity (Wildman–Crippen MR) is 111 cm³/mol. The molecule has 10 heteroatoms. The molecule has 0 aliphatic carbocycles. The van der Waals surface area contributed by atoms with E-state index >= 15 is 0 Å². The Hall–Kier alpha value is -2.64.